The van der Waals surface area contributed by atoms with Crippen LogP contribution >= 0.6 is 0 Å². The largest absolute Gasteiger partial charge is 0.480 e. The van der Waals surface area contributed by atoms with Crippen LogP contribution in [0.3, 0.4) is 0 Å². The highest BCUT2D eigenvalue weighted by molar-refractivity contribution is 5.87. The van der Waals surface area contributed by atoms with Crippen LogP contribution in [-0.4, -0.2) is 59.3 Å². The summed E-state index contributed by atoms with van der Waals surface area (Å²) < 4.78 is 5.76. The van der Waals surface area contributed by atoms with Crippen molar-refractivity contribution in [3.05, 3.63) is 97.2 Å². The highest BCUT2D eigenvalue weighted by atomic mass is 16.5. The number of carbonyl (C=O) groups excluding carboxylic acids is 3. The number of rotatable bonds is 34. The zero-order valence-electron chi connectivity index (χ0n) is 33.2. The van der Waals surface area contributed by atoms with Gasteiger partial charge in [-0.15, -0.1) is 0 Å². The van der Waals surface area contributed by atoms with Crippen molar-refractivity contribution in [3.8, 4) is 0 Å². The zero-order valence-corrected chi connectivity index (χ0v) is 33.2. The fourth-order valence-corrected chi connectivity index (χ4v) is 4.99. The van der Waals surface area contributed by atoms with Crippen LogP contribution in [0.1, 0.15) is 136 Å². The summed E-state index contributed by atoms with van der Waals surface area (Å²) >= 11 is 0. The van der Waals surface area contributed by atoms with E-state index in [-0.39, 0.29) is 24.8 Å². The third kappa shape index (κ3) is 34.8. The monoisotopic (exact) mass is 751 g/mol. The van der Waals surface area contributed by atoms with E-state index in [9.17, 15) is 19.2 Å². The Morgan fingerprint density at radius 3 is 1.59 bits per heavy atom. The van der Waals surface area contributed by atoms with Crippen LogP contribution in [0, 0.1) is 0 Å². The number of aliphatic carboxylic acids is 1. The maximum absolute atomic E-state index is 12.6. The first-order valence-corrected chi connectivity index (χ1v) is 20.2. The van der Waals surface area contributed by atoms with Gasteiger partial charge in [-0.3, -0.25) is 14.4 Å². The lowest BCUT2D eigenvalue weighted by atomic mass is 10.1. The summed E-state index contributed by atoms with van der Waals surface area (Å²) in [5, 5.41) is 22.4. The summed E-state index contributed by atoms with van der Waals surface area (Å²) in [5.74, 6) is -2.51. The number of carboxylic acid groups (broad SMARTS) is 1. The van der Waals surface area contributed by atoms with Crippen LogP contribution in [0.4, 0.5) is 0 Å². The Labute approximate surface area is 326 Å². The second-order valence-corrected chi connectivity index (χ2v) is 13.0. The van der Waals surface area contributed by atoms with Crippen molar-refractivity contribution in [2.24, 2.45) is 0 Å². The summed E-state index contributed by atoms with van der Waals surface area (Å²) in [4.78, 5) is 47.2. The number of hydrogen-bond acceptors (Lipinski definition) is 6. The van der Waals surface area contributed by atoms with Crippen LogP contribution in [-0.2, 0) is 23.9 Å². The van der Waals surface area contributed by atoms with Gasteiger partial charge in [-0.2, -0.15) is 0 Å². The Bertz CT molecular complexity index is 1230. The third-order valence-corrected chi connectivity index (χ3v) is 8.04. The van der Waals surface area contributed by atoms with Crippen molar-refractivity contribution in [1.29, 1.82) is 0 Å². The van der Waals surface area contributed by atoms with Gasteiger partial charge in [0, 0.05) is 12.8 Å². The van der Waals surface area contributed by atoms with Gasteiger partial charge in [-0.05, 0) is 95.6 Å². The molecule has 0 heterocycles. The second kappa shape index (κ2) is 38.5. The fourth-order valence-electron chi connectivity index (χ4n) is 4.99. The third-order valence-electron chi connectivity index (χ3n) is 8.04. The van der Waals surface area contributed by atoms with Gasteiger partial charge in [0.05, 0.1) is 13.2 Å². The molecule has 0 fully saturated rings. The van der Waals surface area contributed by atoms with Crippen molar-refractivity contribution in [3.63, 3.8) is 0 Å². The molecule has 0 aromatic rings. The fraction of sp³-hybridized carbons (Fsp3) is 0.556. The average Bonchev–Trinajstić information content (AvgIpc) is 3.15. The molecule has 0 aromatic heterocycles. The summed E-state index contributed by atoms with van der Waals surface area (Å²) in [6.07, 6.45) is 50.7. The molecular weight excluding hydrogens is 681 g/mol. The molecule has 0 aliphatic rings. The van der Waals surface area contributed by atoms with Crippen LogP contribution in [0.2, 0.25) is 0 Å². The molecule has 0 bridgehead atoms. The molecule has 2 unspecified atom stereocenters. The van der Waals surface area contributed by atoms with Crippen LogP contribution < -0.4 is 10.6 Å². The second-order valence-electron chi connectivity index (χ2n) is 13.0. The van der Waals surface area contributed by atoms with E-state index in [1.165, 1.54) is 0 Å². The molecule has 4 N–H and O–H groups in total. The van der Waals surface area contributed by atoms with E-state index in [1.807, 2.05) is 24.3 Å². The molecule has 0 saturated heterocycles. The summed E-state index contributed by atoms with van der Waals surface area (Å²) in [7, 11) is 0. The number of unbranched alkanes of at least 4 members (excludes halogenated alkanes) is 8. The zero-order chi connectivity index (χ0) is 39.7. The number of esters is 1. The van der Waals surface area contributed by atoms with Crippen LogP contribution in [0.15, 0.2) is 97.2 Å². The van der Waals surface area contributed by atoms with Crippen molar-refractivity contribution in [2.45, 2.75) is 148 Å². The smallest absolute Gasteiger partial charge is 0.328 e. The number of aliphatic hydroxyl groups is 1. The van der Waals surface area contributed by atoms with Crippen molar-refractivity contribution >= 4 is 23.8 Å². The molecule has 0 aromatic carbocycles. The molecule has 9 nitrogen and oxygen atoms in total. The molecule has 0 rings (SSSR count). The molecule has 0 saturated carbocycles. The number of carboxylic acids is 1. The molecule has 2 amide bonds. The van der Waals surface area contributed by atoms with E-state index in [2.05, 4.69) is 97.4 Å². The number of aliphatic hydroxyl groups excluding tert-OH is 1. The summed E-state index contributed by atoms with van der Waals surface area (Å²) in [5.41, 5.74) is 0. The highest BCUT2D eigenvalue weighted by Crippen LogP contribution is 2.11. The minimum Gasteiger partial charge on any atom is -0.480 e. The number of carbonyl (C=O) groups is 4. The number of ether oxygens (including phenoxy) is 1. The predicted octanol–water partition coefficient (Wildman–Crippen LogP) is 9.48. The average molecular weight is 751 g/mol. The number of allylic oxidation sites excluding steroid dienone is 14. The molecule has 0 spiro atoms. The maximum Gasteiger partial charge on any atom is 0.328 e. The van der Waals surface area contributed by atoms with Crippen molar-refractivity contribution in [1.82, 2.24) is 10.6 Å². The molecule has 302 valence electrons. The van der Waals surface area contributed by atoms with E-state index < -0.39 is 30.6 Å². The summed E-state index contributed by atoms with van der Waals surface area (Å²) in [6, 6.07) is -1.40. The van der Waals surface area contributed by atoms with Gasteiger partial charge >= 0.3 is 11.9 Å². The molecule has 54 heavy (non-hydrogen) atoms. The predicted molar refractivity (Wildman–Crippen MR) is 222 cm³/mol. The lowest BCUT2D eigenvalue weighted by Gasteiger charge is -2.12. The Morgan fingerprint density at radius 2 is 1.02 bits per heavy atom. The van der Waals surface area contributed by atoms with Gasteiger partial charge in [0.15, 0.2) is 0 Å². The van der Waals surface area contributed by atoms with Gasteiger partial charge in [-0.25, -0.2) is 4.79 Å². The first-order valence-electron chi connectivity index (χ1n) is 20.2. The number of amides is 2. The first kappa shape index (κ1) is 49.8. The Hall–Kier alpha value is -4.24. The molecule has 0 radical (unpaired) electrons. The van der Waals surface area contributed by atoms with Gasteiger partial charge in [-0.1, -0.05) is 125 Å². The topological polar surface area (TPSA) is 142 Å². The van der Waals surface area contributed by atoms with E-state index in [0.717, 1.165) is 103 Å². The van der Waals surface area contributed by atoms with Crippen molar-refractivity contribution < 1.29 is 34.1 Å². The van der Waals surface area contributed by atoms with Crippen molar-refractivity contribution in [2.75, 3.05) is 13.2 Å². The molecule has 0 aliphatic heterocycles. The van der Waals surface area contributed by atoms with E-state index in [1.54, 1.807) is 0 Å². The van der Waals surface area contributed by atoms with E-state index >= 15 is 0 Å². The quantitative estimate of drug-likeness (QED) is 0.0292. The van der Waals surface area contributed by atoms with Gasteiger partial charge in [0.1, 0.15) is 12.1 Å². The Balaban J connectivity index is 4.20. The van der Waals surface area contributed by atoms with Gasteiger partial charge in [0.25, 0.3) is 0 Å². The Kier molecular flexibility index (Phi) is 35.5. The van der Waals surface area contributed by atoms with E-state index in [4.69, 9.17) is 14.9 Å². The van der Waals surface area contributed by atoms with Crippen LogP contribution in [0.5, 0.6) is 0 Å². The minimum absolute atomic E-state index is 0.188. The molecule has 9 heteroatoms. The lowest BCUT2D eigenvalue weighted by molar-refractivity contribution is -0.145. The van der Waals surface area contributed by atoms with E-state index in [0.29, 0.717) is 12.8 Å². The lowest BCUT2D eigenvalue weighted by Crippen LogP contribution is -2.47. The normalized spacial score (nSPS) is 13.5. The molecule has 2 atom stereocenters. The Morgan fingerprint density at radius 1 is 0.556 bits per heavy atom. The SMILES string of the molecule is CC/C=C\C/C=C\C/C=C\C/C=C\C/C=C\CCCCCCCC(=O)OC(/C=C\C/C=C\CC)/C=C\CCCCCC(=O)NCC(=O)NC(CO)C(=O)O. The standard InChI is InChI=1S/C45H70N2O7/c1-3-5-7-9-10-11-12-13-14-15-16-17-18-19-20-21-22-23-24-29-33-37-44(51)54-40(34-30-26-8-6-4-2)35-31-27-25-28-32-36-42(49)46-38-43(50)47-41(39-48)45(52)53/h5-8,10-11,13-14,16-17,19-20,30-31,34-35,40-41,48H,3-4,9,12,15,18,21-29,32-33,36-39H2,1-2H3,(H,46,49)(H,47,50)(H,52,53)/b7-5-,8-6-,11-10-,14-13-,17-16-,20-19-,34-30-,35-31-. The molecular formula is C45H70N2O7. The summed E-state index contributed by atoms with van der Waals surface area (Å²) in [6.45, 7) is 3.16. The first-order chi connectivity index (χ1) is 26.3. The molecule has 0 aliphatic carbocycles. The minimum atomic E-state index is -1.40. The van der Waals surface area contributed by atoms with Gasteiger partial charge in [0.2, 0.25) is 11.8 Å². The number of nitrogens with one attached hydrogen (secondary N) is 2. The number of hydrogen-bond donors (Lipinski definition) is 4. The van der Waals surface area contributed by atoms with Crippen LogP contribution in [0.25, 0.3) is 0 Å². The maximum atomic E-state index is 12.6. The van der Waals surface area contributed by atoms with Gasteiger partial charge < -0.3 is 25.6 Å². The highest BCUT2D eigenvalue weighted by Gasteiger charge is 2.18.